The second kappa shape index (κ2) is 1.76. The van der Waals surface area contributed by atoms with Crippen LogP contribution in [0.3, 0.4) is 0 Å². The molecule has 0 heterocycles. The molecule has 0 atom stereocenters. The second-order valence-corrected chi connectivity index (χ2v) is 9.81. The van der Waals surface area contributed by atoms with E-state index in [1.165, 1.54) is 19.3 Å². The van der Waals surface area contributed by atoms with Gasteiger partial charge in [0.15, 0.2) is 0 Å². The largest absolute Gasteiger partial charge is 0.0773 e. The number of hydrogen-bond donors (Lipinski definition) is 0. The molecule has 10 heavy (non-hydrogen) atoms. The molecule has 2 rings (SSSR count). The van der Waals surface area contributed by atoms with Gasteiger partial charge >= 0.3 is 0 Å². The summed E-state index contributed by atoms with van der Waals surface area (Å²) in [6.07, 6.45) is 4.44. The molecule has 0 saturated heterocycles. The summed E-state index contributed by atoms with van der Waals surface area (Å²) in [7, 11) is -0.830. The van der Waals surface area contributed by atoms with Crippen molar-refractivity contribution in [3.63, 3.8) is 0 Å². The molecule has 0 amide bonds. The summed E-state index contributed by atoms with van der Waals surface area (Å²) in [4.78, 5) is 0. The van der Waals surface area contributed by atoms with Crippen molar-refractivity contribution in [3.8, 4) is 0 Å². The van der Waals surface area contributed by atoms with E-state index >= 15 is 0 Å². The zero-order valence-corrected chi connectivity index (χ0v) is 8.20. The second-order valence-electron chi connectivity index (χ2n) is 4.70. The van der Waals surface area contributed by atoms with Crippen LogP contribution in [-0.4, -0.2) is 8.07 Å². The van der Waals surface area contributed by atoms with Gasteiger partial charge in [0.2, 0.25) is 0 Å². The Morgan fingerprint density at radius 2 is 1.80 bits per heavy atom. The van der Waals surface area contributed by atoms with E-state index < -0.39 is 8.07 Å². The molecular formula is C9H16Si. The fraction of sp³-hybridized carbons (Fsp3) is 0.778. The van der Waals surface area contributed by atoms with Crippen LogP contribution in [0.4, 0.5) is 0 Å². The summed E-state index contributed by atoms with van der Waals surface area (Å²) in [6, 6.07) is 0. The highest BCUT2D eigenvalue weighted by Crippen LogP contribution is 2.52. The lowest BCUT2D eigenvalue weighted by Crippen LogP contribution is -2.18. The molecule has 0 aliphatic heterocycles. The lowest BCUT2D eigenvalue weighted by molar-refractivity contribution is 1.05. The van der Waals surface area contributed by atoms with Crippen LogP contribution in [0.15, 0.2) is 10.8 Å². The first-order valence-electron chi connectivity index (χ1n) is 4.31. The smallest absolute Gasteiger partial charge is 0.0728 e. The summed E-state index contributed by atoms with van der Waals surface area (Å²) < 4.78 is 0. The Hall–Kier alpha value is -0.0431. The van der Waals surface area contributed by atoms with Crippen LogP contribution in [0, 0.1) is 5.92 Å². The summed E-state index contributed by atoms with van der Waals surface area (Å²) in [6.45, 7) is 7.41. The van der Waals surface area contributed by atoms with Gasteiger partial charge in [-0.25, -0.2) is 0 Å². The Kier molecular flexibility index (Phi) is 1.17. The van der Waals surface area contributed by atoms with Gasteiger partial charge in [0, 0.05) is 0 Å². The van der Waals surface area contributed by atoms with Crippen molar-refractivity contribution in [1.82, 2.24) is 0 Å². The first-order valence-corrected chi connectivity index (χ1v) is 7.81. The molecule has 0 spiro atoms. The Balaban J connectivity index is 2.09. The third-order valence-corrected chi connectivity index (χ3v) is 4.91. The number of rotatable bonds is 2. The van der Waals surface area contributed by atoms with Crippen molar-refractivity contribution in [2.24, 2.45) is 5.92 Å². The van der Waals surface area contributed by atoms with E-state index in [0.717, 1.165) is 5.92 Å². The normalized spacial score (nSPS) is 25.5. The summed E-state index contributed by atoms with van der Waals surface area (Å²) in [5.41, 5.74) is 1.87. The molecule has 1 saturated carbocycles. The van der Waals surface area contributed by atoms with Crippen molar-refractivity contribution in [3.05, 3.63) is 10.8 Å². The molecule has 1 fully saturated rings. The fourth-order valence-electron chi connectivity index (χ4n) is 1.72. The van der Waals surface area contributed by atoms with Crippen LogP contribution in [0.25, 0.3) is 0 Å². The van der Waals surface area contributed by atoms with Crippen molar-refractivity contribution < 1.29 is 0 Å². The fourth-order valence-corrected chi connectivity index (χ4v) is 3.60. The Bertz CT molecular complexity index is 191. The molecule has 0 bridgehead atoms. The highest BCUT2D eigenvalue weighted by atomic mass is 28.3. The Morgan fingerprint density at radius 3 is 2.10 bits per heavy atom. The molecule has 2 aliphatic rings. The van der Waals surface area contributed by atoms with E-state index in [9.17, 15) is 0 Å². The molecule has 0 nitrogen and oxygen atoms in total. The van der Waals surface area contributed by atoms with Crippen LogP contribution in [0.5, 0.6) is 0 Å². The van der Waals surface area contributed by atoms with Crippen molar-refractivity contribution >= 4 is 8.07 Å². The minimum absolute atomic E-state index is 0.830. The maximum absolute atomic E-state index is 2.47. The van der Waals surface area contributed by atoms with Gasteiger partial charge in [0.25, 0.3) is 0 Å². The van der Waals surface area contributed by atoms with Gasteiger partial charge < -0.3 is 0 Å². The van der Waals surface area contributed by atoms with Crippen LogP contribution >= 0.6 is 0 Å². The minimum Gasteiger partial charge on any atom is -0.0773 e. The van der Waals surface area contributed by atoms with E-state index in [-0.39, 0.29) is 0 Å². The lowest BCUT2D eigenvalue weighted by Gasteiger charge is -2.09. The van der Waals surface area contributed by atoms with Crippen LogP contribution in [-0.2, 0) is 0 Å². The van der Waals surface area contributed by atoms with Crippen LogP contribution in [0.2, 0.25) is 19.6 Å². The summed E-state index contributed by atoms with van der Waals surface area (Å²) >= 11 is 0. The van der Waals surface area contributed by atoms with Crippen molar-refractivity contribution in [1.29, 1.82) is 0 Å². The topological polar surface area (TPSA) is 0 Å². The third-order valence-electron chi connectivity index (χ3n) is 2.61. The molecule has 0 aromatic carbocycles. The standard InChI is InChI=1S/C9H16Si/c1-10(2,3)9-6-8(9)7-4-5-7/h7H,4-6H2,1-3H3. The van der Waals surface area contributed by atoms with Gasteiger partial charge in [0.1, 0.15) is 0 Å². The van der Waals surface area contributed by atoms with E-state index in [4.69, 9.17) is 0 Å². The Morgan fingerprint density at radius 1 is 1.20 bits per heavy atom. The monoisotopic (exact) mass is 152 g/mol. The van der Waals surface area contributed by atoms with Gasteiger partial charge in [-0.2, -0.15) is 0 Å². The number of allylic oxidation sites excluding steroid dienone is 2. The van der Waals surface area contributed by atoms with E-state index in [1.54, 1.807) is 0 Å². The Labute approximate surface area is 64.3 Å². The first kappa shape index (κ1) is 6.65. The van der Waals surface area contributed by atoms with E-state index in [2.05, 4.69) is 19.6 Å². The lowest BCUT2D eigenvalue weighted by atomic mass is 10.3. The average molecular weight is 152 g/mol. The predicted octanol–water partition coefficient (Wildman–Crippen LogP) is 2.97. The van der Waals surface area contributed by atoms with Crippen LogP contribution < -0.4 is 0 Å². The number of hydrogen-bond acceptors (Lipinski definition) is 0. The molecule has 0 radical (unpaired) electrons. The van der Waals surface area contributed by atoms with E-state index in [0.29, 0.717) is 0 Å². The van der Waals surface area contributed by atoms with Gasteiger partial charge in [0.05, 0.1) is 8.07 Å². The van der Waals surface area contributed by atoms with Gasteiger partial charge in [-0.15, -0.1) is 0 Å². The summed E-state index contributed by atoms with van der Waals surface area (Å²) in [5, 5.41) is 1.90. The van der Waals surface area contributed by atoms with Crippen molar-refractivity contribution in [2.45, 2.75) is 38.9 Å². The molecular weight excluding hydrogens is 136 g/mol. The highest BCUT2D eigenvalue weighted by Gasteiger charge is 2.40. The maximum atomic E-state index is 2.47. The third kappa shape index (κ3) is 1.07. The van der Waals surface area contributed by atoms with Crippen molar-refractivity contribution in [2.75, 3.05) is 0 Å². The summed E-state index contributed by atoms with van der Waals surface area (Å²) in [5.74, 6) is 1.07. The molecule has 0 aromatic rings. The van der Waals surface area contributed by atoms with Gasteiger partial charge in [-0.3, -0.25) is 0 Å². The quantitative estimate of drug-likeness (QED) is 0.534. The zero-order valence-electron chi connectivity index (χ0n) is 7.20. The molecule has 0 aromatic heterocycles. The van der Waals surface area contributed by atoms with Crippen LogP contribution in [0.1, 0.15) is 19.3 Å². The minimum atomic E-state index is -0.830. The molecule has 2 aliphatic carbocycles. The molecule has 0 unspecified atom stereocenters. The molecule has 1 heteroatoms. The first-order chi connectivity index (χ1) is 4.59. The van der Waals surface area contributed by atoms with Gasteiger partial charge in [-0.1, -0.05) is 30.4 Å². The molecule has 0 N–H and O–H groups in total. The zero-order chi connectivity index (χ0) is 7.35. The highest BCUT2D eigenvalue weighted by molar-refractivity contribution is 6.84. The van der Waals surface area contributed by atoms with Gasteiger partial charge in [-0.05, 0) is 25.2 Å². The SMILES string of the molecule is C[Si](C)(C)C1=C(C2CC2)C1. The van der Waals surface area contributed by atoms with E-state index in [1.807, 2.05) is 10.8 Å². The average Bonchev–Trinajstić information content (AvgIpc) is 2.56. The molecule has 56 valence electrons. The maximum Gasteiger partial charge on any atom is 0.0728 e. The predicted molar refractivity (Wildman–Crippen MR) is 47.7 cm³/mol.